The summed E-state index contributed by atoms with van der Waals surface area (Å²) in [6.45, 7) is 3.97. The topological polar surface area (TPSA) is 57.8 Å². The van der Waals surface area contributed by atoms with Crippen molar-refractivity contribution in [3.63, 3.8) is 0 Å². The van der Waals surface area contributed by atoms with Gasteiger partial charge in [0.15, 0.2) is 0 Å². The summed E-state index contributed by atoms with van der Waals surface area (Å²) < 4.78 is 28.0. The SMILES string of the molecule is Cc1ccc(-c2n[nH]c(C3CC3)c2NC(=O)c2c(F)cccc2F)c(C)c1. The maximum Gasteiger partial charge on any atom is 0.261 e. The van der Waals surface area contributed by atoms with Crippen molar-refractivity contribution in [1.29, 1.82) is 0 Å². The summed E-state index contributed by atoms with van der Waals surface area (Å²) >= 11 is 0. The van der Waals surface area contributed by atoms with Crippen LogP contribution >= 0.6 is 0 Å². The molecule has 0 atom stereocenters. The molecule has 1 heterocycles. The molecule has 1 aliphatic rings. The molecular formula is C21H19F2N3O. The number of hydrogen-bond donors (Lipinski definition) is 2. The average molecular weight is 367 g/mol. The number of carbonyl (C=O) groups excluding carboxylic acids is 1. The molecular weight excluding hydrogens is 348 g/mol. The number of nitrogens with one attached hydrogen (secondary N) is 2. The molecule has 0 saturated heterocycles. The van der Waals surface area contributed by atoms with E-state index in [2.05, 4.69) is 15.5 Å². The number of rotatable bonds is 4. The number of aryl methyl sites for hydroxylation is 2. The zero-order valence-corrected chi connectivity index (χ0v) is 15.1. The molecule has 27 heavy (non-hydrogen) atoms. The number of benzene rings is 2. The molecule has 4 nitrogen and oxygen atoms in total. The predicted molar refractivity (Wildman–Crippen MR) is 99.8 cm³/mol. The van der Waals surface area contributed by atoms with E-state index in [0.29, 0.717) is 11.4 Å². The monoisotopic (exact) mass is 367 g/mol. The van der Waals surface area contributed by atoms with Crippen LogP contribution in [0.5, 0.6) is 0 Å². The van der Waals surface area contributed by atoms with Gasteiger partial charge in [0, 0.05) is 11.5 Å². The molecule has 1 aliphatic carbocycles. The van der Waals surface area contributed by atoms with Gasteiger partial charge in [0.1, 0.15) is 22.9 Å². The molecule has 0 radical (unpaired) electrons. The number of nitrogens with zero attached hydrogens (tertiary/aromatic N) is 1. The van der Waals surface area contributed by atoms with Gasteiger partial charge in [0.25, 0.3) is 5.91 Å². The number of aromatic nitrogens is 2. The van der Waals surface area contributed by atoms with Gasteiger partial charge in [-0.05, 0) is 44.4 Å². The Morgan fingerprint density at radius 1 is 1.15 bits per heavy atom. The van der Waals surface area contributed by atoms with Crippen molar-refractivity contribution in [1.82, 2.24) is 10.2 Å². The van der Waals surface area contributed by atoms with E-state index in [-0.39, 0.29) is 5.92 Å². The lowest BCUT2D eigenvalue weighted by atomic mass is 10.0. The first-order valence-corrected chi connectivity index (χ1v) is 8.87. The maximum atomic E-state index is 14.0. The van der Waals surface area contributed by atoms with E-state index in [1.54, 1.807) is 0 Å². The van der Waals surface area contributed by atoms with E-state index in [0.717, 1.165) is 47.4 Å². The minimum absolute atomic E-state index is 0.276. The normalized spacial score (nSPS) is 13.6. The van der Waals surface area contributed by atoms with Gasteiger partial charge in [0.05, 0.1) is 11.4 Å². The van der Waals surface area contributed by atoms with Gasteiger partial charge in [-0.1, -0.05) is 29.8 Å². The van der Waals surface area contributed by atoms with E-state index in [1.807, 2.05) is 32.0 Å². The highest BCUT2D eigenvalue weighted by Gasteiger charge is 2.32. The van der Waals surface area contributed by atoms with Crippen molar-refractivity contribution in [2.24, 2.45) is 0 Å². The van der Waals surface area contributed by atoms with Gasteiger partial charge in [-0.2, -0.15) is 5.10 Å². The average Bonchev–Trinajstić information content (AvgIpc) is 3.37. The summed E-state index contributed by atoms with van der Waals surface area (Å²) in [5, 5.41) is 10.1. The molecule has 6 heteroatoms. The van der Waals surface area contributed by atoms with Crippen LogP contribution in [0.4, 0.5) is 14.5 Å². The van der Waals surface area contributed by atoms with Crippen LogP contribution in [0.3, 0.4) is 0 Å². The Morgan fingerprint density at radius 2 is 1.85 bits per heavy atom. The van der Waals surface area contributed by atoms with Crippen molar-refractivity contribution in [2.45, 2.75) is 32.6 Å². The largest absolute Gasteiger partial charge is 0.318 e. The summed E-state index contributed by atoms with van der Waals surface area (Å²) in [7, 11) is 0. The molecule has 2 N–H and O–H groups in total. The molecule has 0 aliphatic heterocycles. The summed E-state index contributed by atoms with van der Waals surface area (Å²) in [4.78, 5) is 12.6. The zero-order chi connectivity index (χ0) is 19.1. The fourth-order valence-corrected chi connectivity index (χ4v) is 3.31. The summed E-state index contributed by atoms with van der Waals surface area (Å²) in [6.07, 6.45) is 1.98. The number of amides is 1. The lowest BCUT2D eigenvalue weighted by Crippen LogP contribution is -2.17. The number of anilines is 1. The molecule has 1 fully saturated rings. The van der Waals surface area contributed by atoms with Crippen LogP contribution < -0.4 is 5.32 Å². The standard InChI is InChI=1S/C21H19F2N3O/c1-11-6-9-14(12(2)10-11)19-20(18(25-26-19)13-7-8-13)24-21(27)17-15(22)4-3-5-16(17)23/h3-6,9-10,13H,7-8H2,1-2H3,(H,24,27)(H,25,26). The number of hydrogen-bond acceptors (Lipinski definition) is 2. The van der Waals surface area contributed by atoms with Crippen LogP contribution in [0.1, 0.15) is 45.9 Å². The molecule has 1 amide bonds. The van der Waals surface area contributed by atoms with Crippen molar-refractivity contribution in [3.05, 3.63) is 70.4 Å². The van der Waals surface area contributed by atoms with Crippen LogP contribution in [0.15, 0.2) is 36.4 Å². The zero-order valence-electron chi connectivity index (χ0n) is 15.1. The molecule has 138 valence electrons. The van der Waals surface area contributed by atoms with Crippen LogP contribution in [0, 0.1) is 25.5 Å². The van der Waals surface area contributed by atoms with Crippen LogP contribution in [0.2, 0.25) is 0 Å². The first-order valence-electron chi connectivity index (χ1n) is 8.87. The third-order valence-corrected chi connectivity index (χ3v) is 4.85. The smallest absolute Gasteiger partial charge is 0.261 e. The Morgan fingerprint density at radius 3 is 2.48 bits per heavy atom. The van der Waals surface area contributed by atoms with E-state index < -0.39 is 23.1 Å². The van der Waals surface area contributed by atoms with Gasteiger partial charge < -0.3 is 5.32 Å². The first-order chi connectivity index (χ1) is 13.0. The summed E-state index contributed by atoms with van der Waals surface area (Å²) in [6, 6.07) is 9.31. The molecule has 4 rings (SSSR count). The van der Waals surface area contributed by atoms with E-state index in [1.165, 1.54) is 6.07 Å². The fraction of sp³-hybridized carbons (Fsp3) is 0.238. The Labute approximate surface area is 155 Å². The van der Waals surface area contributed by atoms with Crippen LogP contribution in [-0.4, -0.2) is 16.1 Å². The predicted octanol–water partition coefficient (Wildman–Crippen LogP) is 5.10. The van der Waals surface area contributed by atoms with Gasteiger partial charge in [-0.25, -0.2) is 8.78 Å². The molecule has 0 unspecified atom stereocenters. The van der Waals surface area contributed by atoms with Crippen LogP contribution in [-0.2, 0) is 0 Å². The Kier molecular flexibility index (Phi) is 4.26. The van der Waals surface area contributed by atoms with Crippen molar-refractivity contribution >= 4 is 11.6 Å². The molecule has 1 aromatic heterocycles. The number of halogens is 2. The Balaban J connectivity index is 1.77. The summed E-state index contributed by atoms with van der Waals surface area (Å²) in [5.74, 6) is -2.33. The lowest BCUT2D eigenvalue weighted by molar-refractivity contribution is 0.101. The fourth-order valence-electron chi connectivity index (χ4n) is 3.31. The van der Waals surface area contributed by atoms with Crippen molar-refractivity contribution in [2.75, 3.05) is 5.32 Å². The highest BCUT2D eigenvalue weighted by molar-refractivity contribution is 6.07. The second kappa shape index (κ2) is 6.61. The second-order valence-electron chi connectivity index (χ2n) is 7.00. The Hall–Kier alpha value is -3.02. The molecule has 2 aromatic carbocycles. The van der Waals surface area contributed by atoms with Gasteiger partial charge in [-0.15, -0.1) is 0 Å². The molecule has 3 aromatic rings. The van der Waals surface area contributed by atoms with Crippen LogP contribution in [0.25, 0.3) is 11.3 Å². The molecule has 0 spiro atoms. The quantitative estimate of drug-likeness (QED) is 0.674. The van der Waals surface area contributed by atoms with E-state index in [9.17, 15) is 13.6 Å². The third kappa shape index (κ3) is 3.23. The van der Waals surface area contributed by atoms with Gasteiger partial charge >= 0.3 is 0 Å². The second-order valence-corrected chi connectivity index (χ2v) is 7.00. The maximum absolute atomic E-state index is 14.0. The molecule has 1 saturated carbocycles. The van der Waals surface area contributed by atoms with E-state index >= 15 is 0 Å². The van der Waals surface area contributed by atoms with Crippen molar-refractivity contribution in [3.8, 4) is 11.3 Å². The highest BCUT2D eigenvalue weighted by atomic mass is 19.1. The lowest BCUT2D eigenvalue weighted by Gasteiger charge is -2.11. The Bertz CT molecular complexity index is 1020. The first kappa shape index (κ1) is 17.4. The number of carbonyl (C=O) groups is 1. The minimum Gasteiger partial charge on any atom is -0.318 e. The number of aromatic amines is 1. The molecule has 0 bridgehead atoms. The van der Waals surface area contributed by atoms with E-state index in [4.69, 9.17) is 0 Å². The summed E-state index contributed by atoms with van der Waals surface area (Å²) in [5.41, 5.74) is 4.29. The van der Waals surface area contributed by atoms with Gasteiger partial charge in [0.2, 0.25) is 0 Å². The van der Waals surface area contributed by atoms with Crippen molar-refractivity contribution < 1.29 is 13.6 Å². The third-order valence-electron chi connectivity index (χ3n) is 4.85. The number of H-pyrrole nitrogens is 1. The minimum atomic E-state index is -0.892. The highest BCUT2D eigenvalue weighted by Crippen LogP contribution is 2.45. The van der Waals surface area contributed by atoms with Gasteiger partial charge in [-0.3, -0.25) is 9.89 Å².